The van der Waals surface area contributed by atoms with E-state index in [4.69, 9.17) is 10.2 Å². The number of carboxylic acids is 1. The molecule has 0 atom stereocenters. The van der Waals surface area contributed by atoms with Crippen molar-refractivity contribution in [3.05, 3.63) is 60.8 Å². The third-order valence-corrected chi connectivity index (χ3v) is 4.21. The molecule has 0 aromatic rings. The molecule has 0 unspecified atom stereocenters. The largest absolute Gasteiger partial charge is 0.481 e. The van der Waals surface area contributed by atoms with Crippen LogP contribution >= 0.6 is 0 Å². The van der Waals surface area contributed by atoms with Gasteiger partial charge in [-0.2, -0.15) is 0 Å². The van der Waals surface area contributed by atoms with Crippen molar-refractivity contribution in [3.8, 4) is 0 Å². The van der Waals surface area contributed by atoms with Gasteiger partial charge in [-0.3, -0.25) is 4.79 Å². The van der Waals surface area contributed by atoms with Crippen molar-refractivity contribution >= 4 is 5.97 Å². The number of aliphatic hydroxyl groups excluding tert-OH is 1. The number of hydrogen-bond donors (Lipinski definition) is 2. The van der Waals surface area contributed by atoms with Gasteiger partial charge >= 0.3 is 5.97 Å². The van der Waals surface area contributed by atoms with Gasteiger partial charge in [-0.25, -0.2) is 0 Å². The summed E-state index contributed by atoms with van der Waals surface area (Å²) < 4.78 is 0. The summed E-state index contributed by atoms with van der Waals surface area (Å²) in [5.41, 5.74) is 0. The summed E-state index contributed by atoms with van der Waals surface area (Å²) in [6.45, 7) is 0.328. The predicted octanol–water partition coefficient (Wildman–Crippen LogP) is 6.92. The second-order valence-corrected chi connectivity index (χ2v) is 6.87. The van der Waals surface area contributed by atoms with Gasteiger partial charge in [0.1, 0.15) is 0 Å². The first-order valence-electron chi connectivity index (χ1n) is 10.8. The fourth-order valence-electron chi connectivity index (χ4n) is 2.60. The maximum Gasteiger partial charge on any atom is 0.303 e. The van der Waals surface area contributed by atoms with Crippen LogP contribution in [0.3, 0.4) is 0 Å². The highest BCUT2D eigenvalue weighted by atomic mass is 16.4. The molecule has 0 saturated carbocycles. The van der Waals surface area contributed by atoms with E-state index in [0.29, 0.717) is 13.0 Å². The highest BCUT2D eigenvalue weighted by Gasteiger charge is 1.92. The van der Waals surface area contributed by atoms with E-state index in [1.807, 2.05) is 0 Å². The van der Waals surface area contributed by atoms with Crippen LogP contribution in [0, 0.1) is 0 Å². The monoisotopic (exact) mass is 388 g/mol. The summed E-state index contributed by atoms with van der Waals surface area (Å²) in [5, 5.41) is 17.2. The van der Waals surface area contributed by atoms with E-state index in [-0.39, 0.29) is 6.42 Å². The van der Waals surface area contributed by atoms with Crippen LogP contribution in [0.1, 0.15) is 83.5 Å². The minimum Gasteiger partial charge on any atom is -0.481 e. The lowest BCUT2D eigenvalue weighted by Gasteiger charge is -1.97. The zero-order chi connectivity index (χ0) is 20.5. The van der Waals surface area contributed by atoms with Gasteiger partial charge in [-0.15, -0.1) is 0 Å². The molecule has 0 spiro atoms. The number of aliphatic hydroxyl groups is 1. The molecule has 28 heavy (non-hydrogen) atoms. The van der Waals surface area contributed by atoms with Crippen LogP contribution in [0.2, 0.25) is 0 Å². The molecule has 0 radical (unpaired) electrons. The maximum atomic E-state index is 10.4. The summed E-state index contributed by atoms with van der Waals surface area (Å²) in [6, 6.07) is 0. The number of rotatable bonds is 19. The normalized spacial score (nSPS) is 12.6. The molecule has 0 rings (SSSR count). The Balaban J connectivity index is 3.43. The first-order valence-corrected chi connectivity index (χ1v) is 10.8. The van der Waals surface area contributed by atoms with Gasteiger partial charge in [0, 0.05) is 13.0 Å². The molecular weight excluding hydrogens is 348 g/mol. The van der Waals surface area contributed by atoms with E-state index >= 15 is 0 Å². The van der Waals surface area contributed by atoms with Crippen LogP contribution < -0.4 is 0 Å². The molecule has 0 aromatic heterocycles. The zero-order valence-corrected chi connectivity index (χ0v) is 17.5. The summed E-state index contributed by atoms with van der Waals surface area (Å²) in [5.74, 6) is -0.719. The van der Waals surface area contributed by atoms with Gasteiger partial charge in [0.05, 0.1) is 0 Å². The molecule has 0 aliphatic heterocycles. The van der Waals surface area contributed by atoms with E-state index in [2.05, 4.69) is 60.8 Å². The summed E-state index contributed by atoms with van der Waals surface area (Å²) in [4.78, 5) is 10.4. The predicted molar refractivity (Wildman–Crippen MR) is 120 cm³/mol. The molecule has 0 aliphatic carbocycles. The maximum absolute atomic E-state index is 10.4. The van der Waals surface area contributed by atoms with Crippen molar-refractivity contribution in [3.63, 3.8) is 0 Å². The molecule has 0 aliphatic rings. The minimum absolute atomic E-state index is 0.252. The highest BCUT2D eigenvalue weighted by molar-refractivity contribution is 5.66. The van der Waals surface area contributed by atoms with Crippen LogP contribution in [-0.4, -0.2) is 22.8 Å². The number of allylic oxidation sites excluding steroid dienone is 10. The molecule has 0 bridgehead atoms. The molecule has 0 amide bonds. The van der Waals surface area contributed by atoms with Crippen molar-refractivity contribution in [1.29, 1.82) is 0 Å². The van der Waals surface area contributed by atoms with Crippen molar-refractivity contribution in [2.45, 2.75) is 83.5 Å². The van der Waals surface area contributed by atoms with Crippen molar-refractivity contribution < 1.29 is 15.0 Å². The first kappa shape index (κ1) is 26.1. The van der Waals surface area contributed by atoms with E-state index in [1.54, 1.807) is 0 Å². The van der Waals surface area contributed by atoms with E-state index in [1.165, 1.54) is 19.3 Å². The Morgan fingerprint density at radius 2 is 0.929 bits per heavy atom. The van der Waals surface area contributed by atoms with E-state index < -0.39 is 5.97 Å². The van der Waals surface area contributed by atoms with Gasteiger partial charge in [-0.05, 0) is 57.8 Å². The molecule has 0 fully saturated rings. The van der Waals surface area contributed by atoms with Crippen LogP contribution in [-0.2, 0) is 4.79 Å². The number of carboxylic acid groups (broad SMARTS) is 1. The second-order valence-electron chi connectivity index (χ2n) is 6.87. The van der Waals surface area contributed by atoms with Crippen LogP contribution in [0.4, 0.5) is 0 Å². The van der Waals surface area contributed by atoms with Crippen molar-refractivity contribution in [2.24, 2.45) is 0 Å². The van der Waals surface area contributed by atoms with Gasteiger partial charge in [0.15, 0.2) is 0 Å². The topological polar surface area (TPSA) is 57.5 Å². The SMILES string of the molecule is O=C(O)CCC/C=C/C/C=C/C/C=C\C/C=C/C/C=C/CCCCCCCO. The van der Waals surface area contributed by atoms with Crippen LogP contribution in [0.25, 0.3) is 0 Å². The standard InChI is InChI=1S/C25H40O3/c26-24-22-20-18-16-14-12-10-8-6-4-2-1-3-5-7-9-11-13-15-17-19-21-23-25(27)28/h2-5,8-11,15,17,26H,1,6-7,12-14,16,18-24H2,(H,27,28)/b4-2+,5-3-,10-8+,11-9+,17-15+. The van der Waals surface area contributed by atoms with Crippen LogP contribution in [0.15, 0.2) is 60.8 Å². The molecule has 0 saturated heterocycles. The molecule has 3 nitrogen and oxygen atoms in total. The lowest BCUT2D eigenvalue weighted by molar-refractivity contribution is -0.137. The Labute approximate surface area is 172 Å². The molecule has 3 heteroatoms. The van der Waals surface area contributed by atoms with Gasteiger partial charge < -0.3 is 10.2 Å². The number of unbranched alkanes of at least 4 members (excludes halogenated alkanes) is 6. The van der Waals surface area contributed by atoms with E-state index in [9.17, 15) is 4.79 Å². The number of aliphatic carboxylic acids is 1. The van der Waals surface area contributed by atoms with E-state index in [0.717, 1.165) is 51.4 Å². The minimum atomic E-state index is -0.719. The molecule has 0 aromatic carbocycles. The molecule has 2 N–H and O–H groups in total. The number of carbonyl (C=O) groups is 1. The van der Waals surface area contributed by atoms with Crippen molar-refractivity contribution in [1.82, 2.24) is 0 Å². The van der Waals surface area contributed by atoms with Gasteiger partial charge in [0.2, 0.25) is 0 Å². The third kappa shape index (κ3) is 24.1. The van der Waals surface area contributed by atoms with Gasteiger partial charge in [-0.1, -0.05) is 80.0 Å². The Hall–Kier alpha value is -1.87. The summed E-state index contributed by atoms with van der Waals surface area (Å²) in [7, 11) is 0. The number of hydrogen-bond acceptors (Lipinski definition) is 2. The Morgan fingerprint density at radius 3 is 1.39 bits per heavy atom. The lowest BCUT2D eigenvalue weighted by Crippen LogP contribution is -1.92. The Morgan fingerprint density at radius 1 is 0.536 bits per heavy atom. The third-order valence-electron chi connectivity index (χ3n) is 4.21. The van der Waals surface area contributed by atoms with Crippen molar-refractivity contribution in [2.75, 3.05) is 6.61 Å². The fraction of sp³-hybridized carbons (Fsp3) is 0.560. The first-order chi connectivity index (χ1) is 13.8. The fourth-order valence-corrected chi connectivity index (χ4v) is 2.60. The van der Waals surface area contributed by atoms with Crippen LogP contribution in [0.5, 0.6) is 0 Å². The average molecular weight is 389 g/mol. The Kier molecular flexibility index (Phi) is 21.6. The zero-order valence-electron chi connectivity index (χ0n) is 17.5. The molecular formula is C25H40O3. The molecule has 0 heterocycles. The second kappa shape index (κ2) is 23.2. The molecule has 158 valence electrons. The van der Waals surface area contributed by atoms with Gasteiger partial charge in [0.25, 0.3) is 0 Å². The Bertz CT molecular complexity index is 484. The lowest BCUT2D eigenvalue weighted by atomic mass is 10.1. The summed E-state index contributed by atoms with van der Waals surface area (Å²) in [6.07, 6.45) is 34.5. The highest BCUT2D eigenvalue weighted by Crippen LogP contribution is 2.06. The quantitative estimate of drug-likeness (QED) is 0.187. The summed E-state index contributed by atoms with van der Waals surface area (Å²) >= 11 is 0. The smallest absolute Gasteiger partial charge is 0.303 e. The average Bonchev–Trinajstić information content (AvgIpc) is 2.68.